The highest BCUT2D eigenvalue weighted by Crippen LogP contribution is 2.29. The molecular formula is C12H6BrFN2O2S. The zero-order valence-electron chi connectivity index (χ0n) is 9.28. The monoisotopic (exact) mass is 340 g/mol. The molecule has 1 aromatic carbocycles. The van der Waals surface area contributed by atoms with Crippen LogP contribution in [0.2, 0.25) is 0 Å². The molecule has 0 aliphatic heterocycles. The van der Waals surface area contributed by atoms with Crippen molar-refractivity contribution in [2.75, 3.05) is 0 Å². The Balaban J connectivity index is 2.25. The van der Waals surface area contributed by atoms with E-state index in [0.717, 1.165) is 15.4 Å². The molecule has 0 radical (unpaired) electrons. The van der Waals surface area contributed by atoms with Gasteiger partial charge in [-0.2, -0.15) is 0 Å². The first kappa shape index (κ1) is 12.3. The molecule has 2 N–H and O–H groups in total. The Kier molecular flexibility index (Phi) is 2.87. The van der Waals surface area contributed by atoms with E-state index < -0.39 is 11.8 Å². The molecule has 3 aromatic rings. The predicted molar refractivity (Wildman–Crippen MR) is 74.0 cm³/mol. The van der Waals surface area contributed by atoms with Crippen molar-refractivity contribution in [1.29, 1.82) is 0 Å². The van der Waals surface area contributed by atoms with Gasteiger partial charge in [0.2, 0.25) is 0 Å². The van der Waals surface area contributed by atoms with Gasteiger partial charge in [-0.3, -0.25) is 0 Å². The molecule has 4 nitrogen and oxygen atoms in total. The van der Waals surface area contributed by atoms with Gasteiger partial charge in [0.1, 0.15) is 17.2 Å². The fourth-order valence-corrected chi connectivity index (χ4v) is 2.96. The third-order valence-electron chi connectivity index (χ3n) is 2.62. The van der Waals surface area contributed by atoms with Crippen LogP contribution < -0.4 is 0 Å². The van der Waals surface area contributed by atoms with Gasteiger partial charge >= 0.3 is 5.97 Å². The number of nitrogens with zero attached hydrogens (tertiary/aromatic N) is 1. The van der Waals surface area contributed by atoms with Crippen molar-refractivity contribution >= 4 is 44.3 Å². The van der Waals surface area contributed by atoms with Gasteiger partial charge in [-0.05, 0) is 34.1 Å². The Hall–Kier alpha value is -1.73. The van der Waals surface area contributed by atoms with E-state index >= 15 is 0 Å². The van der Waals surface area contributed by atoms with Crippen LogP contribution in [0.4, 0.5) is 4.39 Å². The average Bonchev–Trinajstić information content (AvgIpc) is 2.93. The second kappa shape index (κ2) is 4.43. The Bertz CT molecular complexity index is 796. The lowest BCUT2D eigenvalue weighted by molar-refractivity contribution is 0.0698. The van der Waals surface area contributed by atoms with Gasteiger partial charge in [-0.15, -0.1) is 11.3 Å². The van der Waals surface area contributed by atoms with E-state index in [1.165, 1.54) is 17.4 Å². The molecule has 96 valence electrons. The molecule has 2 heterocycles. The number of rotatable bonds is 2. The number of benzene rings is 1. The van der Waals surface area contributed by atoms with Crippen molar-refractivity contribution in [2.45, 2.75) is 0 Å². The summed E-state index contributed by atoms with van der Waals surface area (Å²) in [6.45, 7) is 0. The molecule has 7 heteroatoms. The molecular weight excluding hydrogens is 335 g/mol. The van der Waals surface area contributed by atoms with Crippen molar-refractivity contribution in [3.05, 3.63) is 38.7 Å². The fourth-order valence-electron chi connectivity index (χ4n) is 1.82. The summed E-state index contributed by atoms with van der Waals surface area (Å²) in [6.07, 6.45) is 0. The summed E-state index contributed by atoms with van der Waals surface area (Å²) in [6, 6.07) is 4.07. The van der Waals surface area contributed by atoms with E-state index in [2.05, 4.69) is 25.9 Å². The summed E-state index contributed by atoms with van der Waals surface area (Å²) in [4.78, 5) is 18.3. The van der Waals surface area contributed by atoms with Crippen LogP contribution in [0.3, 0.4) is 0 Å². The van der Waals surface area contributed by atoms with E-state index in [9.17, 15) is 9.18 Å². The van der Waals surface area contributed by atoms with Crippen LogP contribution in [0, 0.1) is 5.82 Å². The topological polar surface area (TPSA) is 66.0 Å². The summed E-state index contributed by atoms with van der Waals surface area (Å²) < 4.78 is 14.3. The van der Waals surface area contributed by atoms with Crippen LogP contribution in [0.15, 0.2) is 27.4 Å². The highest BCUT2D eigenvalue weighted by atomic mass is 79.9. The number of aromatic carboxylic acids is 1. The number of aromatic amines is 1. The zero-order valence-corrected chi connectivity index (χ0v) is 11.7. The number of H-pyrrole nitrogens is 1. The Morgan fingerprint density at radius 2 is 2.21 bits per heavy atom. The van der Waals surface area contributed by atoms with Crippen molar-refractivity contribution in [1.82, 2.24) is 9.97 Å². The maximum Gasteiger partial charge on any atom is 0.338 e. The SMILES string of the molecule is O=C(O)c1cc(F)cc2[nH]c(-c3csc(Br)c3)nc12. The largest absolute Gasteiger partial charge is 0.478 e. The number of imidazole rings is 1. The first-order chi connectivity index (χ1) is 9.04. The molecule has 0 saturated heterocycles. The first-order valence-electron chi connectivity index (χ1n) is 5.21. The number of halogens is 2. The third-order valence-corrected chi connectivity index (χ3v) is 4.13. The smallest absolute Gasteiger partial charge is 0.338 e. The molecule has 0 atom stereocenters. The van der Waals surface area contributed by atoms with E-state index in [0.29, 0.717) is 11.3 Å². The van der Waals surface area contributed by atoms with Gasteiger partial charge in [0.25, 0.3) is 0 Å². The molecule has 19 heavy (non-hydrogen) atoms. The standard InChI is InChI=1S/C12H6BrFN2O2S/c13-9-1-5(4-19-9)11-15-8-3-6(14)2-7(12(17)18)10(8)16-11/h1-4H,(H,15,16)(H,17,18). The van der Waals surface area contributed by atoms with E-state index in [1.807, 2.05) is 11.4 Å². The first-order valence-corrected chi connectivity index (χ1v) is 6.89. The number of nitrogens with one attached hydrogen (secondary N) is 1. The molecule has 3 rings (SSSR count). The Labute approximate surface area is 119 Å². The Morgan fingerprint density at radius 1 is 1.42 bits per heavy atom. The van der Waals surface area contributed by atoms with Crippen LogP contribution in [-0.4, -0.2) is 21.0 Å². The predicted octanol–water partition coefficient (Wildman–Crippen LogP) is 3.89. The summed E-state index contributed by atoms with van der Waals surface area (Å²) in [5.41, 5.74) is 1.30. The van der Waals surface area contributed by atoms with E-state index in [-0.39, 0.29) is 11.1 Å². The average molecular weight is 341 g/mol. The Morgan fingerprint density at radius 3 is 2.84 bits per heavy atom. The molecule has 0 fully saturated rings. The summed E-state index contributed by atoms with van der Waals surface area (Å²) >= 11 is 4.83. The lowest BCUT2D eigenvalue weighted by atomic mass is 10.2. The van der Waals surface area contributed by atoms with Gasteiger partial charge in [0.15, 0.2) is 0 Å². The van der Waals surface area contributed by atoms with Gasteiger partial charge in [-0.25, -0.2) is 14.2 Å². The number of thiophene rings is 1. The minimum absolute atomic E-state index is 0.146. The van der Waals surface area contributed by atoms with Crippen molar-refractivity contribution < 1.29 is 14.3 Å². The van der Waals surface area contributed by atoms with Crippen LogP contribution in [0.1, 0.15) is 10.4 Å². The van der Waals surface area contributed by atoms with Gasteiger partial charge in [0, 0.05) is 10.9 Å². The number of aromatic nitrogens is 2. The quantitative estimate of drug-likeness (QED) is 0.743. The number of hydrogen-bond acceptors (Lipinski definition) is 3. The maximum absolute atomic E-state index is 13.4. The normalized spacial score (nSPS) is 11.1. The van der Waals surface area contributed by atoms with Gasteiger partial charge in [-0.1, -0.05) is 0 Å². The minimum atomic E-state index is -1.20. The summed E-state index contributed by atoms with van der Waals surface area (Å²) in [7, 11) is 0. The van der Waals surface area contributed by atoms with Crippen molar-refractivity contribution in [3.8, 4) is 11.4 Å². The molecule has 2 aromatic heterocycles. The lowest BCUT2D eigenvalue weighted by Gasteiger charge is -1.95. The summed E-state index contributed by atoms with van der Waals surface area (Å²) in [5, 5.41) is 10.9. The highest BCUT2D eigenvalue weighted by Gasteiger charge is 2.16. The highest BCUT2D eigenvalue weighted by molar-refractivity contribution is 9.11. The van der Waals surface area contributed by atoms with E-state index in [1.54, 1.807) is 0 Å². The molecule has 0 bridgehead atoms. The van der Waals surface area contributed by atoms with Crippen LogP contribution in [0.25, 0.3) is 22.4 Å². The number of hydrogen-bond donors (Lipinski definition) is 2. The number of carboxylic acids is 1. The number of carboxylic acid groups (broad SMARTS) is 1. The molecule has 0 aliphatic carbocycles. The molecule has 0 spiro atoms. The molecule has 0 aliphatic rings. The molecule has 0 unspecified atom stereocenters. The molecule has 0 amide bonds. The van der Waals surface area contributed by atoms with Gasteiger partial charge < -0.3 is 10.1 Å². The zero-order chi connectivity index (χ0) is 13.6. The second-order valence-electron chi connectivity index (χ2n) is 3.88. The number of fused-ring (bicyclic) bond motifs is 1. The fraction of sp³-hybridized carbons (Fsp3) is 0. The van der Waals surface area contributed by atoms with Crippen molar-refractivity contribution in [2.24, 2.45) is 0 Å². The van der Waals surface area contributed by atoms with Crippen LogP contribution in [0.5, 0.6) is 0 Å². The minimum Gasteiger partial charge on any atom is -0.478 e. The summed E-state index contributed by atoms with van der Waals surface area (Å²) in [5.74, 6) is -1.29. The maximum atomic E-state index is 13.4. The van der Waals surface area contributed by atoms with Crippen LogP contribution >= 0.6 is 27.3 Å². The second-order valence-corrected chi connectivity index (χ2v) is 6.17. The van der Waals surface area contributed by atoms with Gasteiger partial charge in [0.05, 0.1) is 14.9 Å². The number of carbonyl (C=O) groups is 1. The molecule has 0 saturated carbocycles. The van der Waals surface area contributed by atoms with Crippen molar-refractivity contribution in [3.63, 3.8) is 0 Å². The van der Waals surface area contributed by atoms with E-state index in [4.69, 9.17) is 5.11 Å². The lowest BCUT2D eigenvalue weighted by Crippen LogP contribution is -1.98. The third kappa shape index (κ3) is 2.15. The van der Waals surface area contributed by atoms with Crippen LogP contribution in [-0.2, 0) is 0 Å².